The highest BCUT2D eigenvalue weighted by Gasteiger charge is 2.25. The van der Waals surface area contributed by atoms with Crippen molar-refractivity contribution < 1.29 is 9.47 Å². The molecule has 3 rings (SSSR count). The second-order valence-corrected chi connectivity index (χ2v) is 4.08. The second-order valence-electron chi connectivity index (χ2n) is 4.08. The molecule has 0 radical (unpaired) electrons. The molecule has 0 bridgehead atoms. The average Bonchev–Trinajstić information content (AvgIpc) is 2.94. The maximum absolute atomic E-state index is 11.4. The molecule has 3 N–H and O–H groups in total. The summed E-state index contributed by atoms with van der Waals surface area (Å²) in [5.74, 6) is 0.535. The van der Waals surface area contributed by atoms with Gasteiger partial charge in [0.2, 0.25) is 5.88 Å². The molecular weight excluding hydrogens is 238 g/mol. The predicted molar refractivity (Wildman–Crippen MR) is 63.3 cm³/mol. The molecular formula is C10H13N5O3. The van der Waals surface area contributed by atoms with Gasteiger partial charge in [0.1, 0.15) is 11.2 Å². The first-order valence-corrected chi connectivity index (χ1v) is 5.64. The second kappa shape index (κ2) is 3.98. The van der Waals surface area contributed by atoms with Gasteiger partial charge in [0.05, 0.1) is 7.11 Å². The molecule has 1 atom stereocenters. The zero-order valence-corrected chi connectivity index (χ0v) is 9.84. The highest BCUT2D eigenvalue weighted by molar-refractivity contribution is 5.90. The average molecular weight is 251 g/mol. The van der Waals surface area contributed by atoms with Gasteiger partial charge in [-0.25, -0.2) is 9.48 Å². The number of methoxy groups -OCH3 is 1. The van der Waals surface area contributed by atoms with E-state index in [2.05, 4.69) is 15.1 Å². The standard InChI is InChI=1S/C10H13N5O3/c1-17-9-6-7(11)12-10(16)13-8(6)15(14-9)5-3-2-4-18-5/h5H,2-4H2,1H3,(H3,11,12,13,16). The molecule has 3 heterocycles. The maximum atomic E-state index is 11.4. The van der Waals surface area contributed by atoms with E-state index in [-0.39, 0.29) is 12.0 Å². The van der Waals surface area contributed by atoms with E-state index in [0.29, 0.717) is 23.5 Å². The maximum Gasteiger partial charge on any atom is 0.348 e. The Morgan fingerprint density at radius 3 is 3.11 bits per heavy atom. The fourth-order valence-electron chi connectivity index (χ4n) is 2.15. The molecule has 0 amide bonds. The smallest absolute Gasteiger partial charge is 0.348 e. The van der Waals surface area contributed by atoms with Gasteiger partial charge in [-0.3, -0.25) is 4.98 Å². The predicted octanol–water partition coefficient (Wildman–Crippen LogP) is 0.0194. The van der Waals surface area contributed by atoms with Crippen molar-refractivity contribution in [3.05, 3.63) is 10.5 Å². The number of H-pyrrole nitrogens is 1. The fraction of sp³-hybridized carbons (Fsp3) is 0.500. The monoisotopic (exact) mass is 251 g/mol. The Labute approximate surface area is 102 Å². The minimum atomic E-state index is -0.512. The van der Waals surface area contributed by atoms with Crippen LogP contribution in [0.25, 0.3) is 11.0 Å². The zero-order chi connectivity index (χ0) is 12.7. The topological polar surface area (TPSA) is 108 Å². The number of anilines is 1. The van der Waals surface area contributed by atoms with E-state index >= 15 is 0 Å². The summed E-state index contributed by atoms with van der Waals surface area (Å²) in [6, 6.07) is 0. The number of nitrogens with two attached hydrogens (primary N) is 1. The van der Waals surface area contributed by atoms with E-state index < -0.39 is 5.69 Å². The van der Waals surface area contributed by atoms with Crippen LogP contribution in [0.1, 0.15) is 19.1 Å². The Balaban J connectivity index is 2.28. The van der Waals surface area contributed by atoms with E-state index in [1.54, 1.807) is 4.68 Å². The quantitative estimate of drug-likeness (QED) is 0.778. The van der Waals surface area contributed by atoms with Crippen LogP contribution in [0.15, 0.2) is 4.79 Å². The number of nitrogen functional groups attached to an aromatic ring is 1. The Hall–Kier alpha value is -2.09. The summed E-state index contributed by atoms with van der Waals surface area (Å²) in [6.07, 6.45) is 1.56. The number of rotatable bonds is 2. The van der Waals surface area contributed by atoms with Crippen molar-refractivity contribution in [1.82, 2.24) is 19.7 Å². The van der Waals surface area contributed by atoms with Gasteiger partial charge >= 0.3 is 5.69 Å². The lowest BCUT2D eigenvalue weighted by Gasteiger charge is -2.09. The van der Waals surface area contributed by atoms with Gasteiger partial charge in [0, 0.05) is 6.61 Å². The molecule has 8 nitrogen and oxygen atoms in total. The Morgan fingerprint density at radius 2 is 2.44 bits per heavy atom. The summed E-state index contributed by atoms with van der Waals surface area (Å²) in [7, 11) is 1.49. The lowest BCUT2D eigenvalue weighted by atomic mass is 10.3. The first kappa shape index (κ1) is 11.0. The molecule has 1 fully saturated rings. The van der Waals surface area contributed by atoms with Gasteiger partial charge in [-0.1, -0.05) is 0 Å². The number of nitrogens with zero attached hydrogens (tertiary/aromatic N) is 3. The van der Waals surface area contributed by atoms with E-state index in [1.165, 1.54) is 7.11 Å². The third-order valence-electron chi connectivity index (χ3n) is 2.94. The van der Waals surface area contributed by atoms with Crippen LogP contribution in [0.5, 0.6) is 5.88 Å². The van der Waals surface area contributed by atoms with Crippen LogP contribution in [0.4, 0.5) is 5.82 Å². The van der Waals surface area contributed by atoms with E-state index in [0.717, 1.165) is 12.8 Å². The number of hydrogen-bond acceptors (Lipinski definition) is 6. The van der Waals surface area contributed by atoms with Gasteiger partial charge in [-0.2, -0.15) is 4.98 Å². The molecule has 96 valence electrons. The fourth-order valence-corrected chi connectivity index (χ4v) is 2.15. The third kappa shape index (κ3) is 1.53. The van der Waals surface area contributed by atoms with Crippen LogP contribution in [0.2, 0.25) is 0 Å². The molecule has 1 aliphatic rings. The third-order valence-corrected chi connectivity index (χ3v) is 2.94. The van der Waals surface area contributed by atoms with Crippen LogP contribution >= 0.6 is 0 Å². The minimum Gasteiger partial charge on any atom is -0.479 e. The van der Waals surface area contributed by atoms with Crippen LogP contribution in [0, 0.1) is 0 Å². The minimum absolute atomic E-state index is 0.200. The number of aromatic amines is 1. The summed E-state index contributed by atoms with van der Waals surface area (Å²) in [4.78, 5) is 17.7. The molecule has 1 aliphatic heterocycles. The summed E-state index contributed by atoms with van der Waals surface area (Å²) in [6.45, 7) is 0.674. The summed E-state index contributed by atoms with van der Waals surface area (Å²) >= 11 is 0. The van der Waals surface area contributed by atoms with Crippen molar-refractivity contribution in [3.8, 4) is 5.88 Å². The number of ether oxygens (including phenoxy) is 2. The van der Waals surface area contributed by atoms with Crippen molar-refractivity contribution in [2.75, 3.05) is 19.5 Å². The normalized spacial score (nSPS) is 19.5. The van der Waals surface area contributed by atoms with Gasteiger partial charge in [0.15, 0.2) is 11.9 Å². The first-order chi connectivity index (χ1) is 8.70. The van der Waals surface area contributed by atoms with Crippen molar-refractivity contribution >= 4 is 16.9 Å². The zero-order valence-electron chi connectivity index (χ0n) is 9.84. The summed E-state index contributed by atoms with van der Waals surface area (Å²) < 4.78 is 12.3. The van der Waals surface area contributed by atoms with Crippen molar-refractivity contribution in [2.24, 2.45) is 0 Å². The molecule has 0 saturated carbocycles. The van der Waals surface area contributed by atoms with Gasteiger partial charge in [-0.05, 0) is 12.8 Å². The molecule has 2 aromatic heterocycles. The van der Waals surface area contributed by atoms with E-state index in [4.69, 9.17) is 15.2 Å². The van der Waals surface area contributed by atoms with Gasteiger partial charge < -0.3 is 15.2 Å². The number of hydrogen-bond donors (Lipinski definition) is 2. The summed E-state index contributed by atoms with van der Waals surface area (Å²) in [5.41, 5.74) is 5.65. The number of nitrogens with one attached hydrogen (secondary N) is 1. The van der Waals surface area contributed by atoms with Crippen molar-refractivity contribution in [2.45, 2.75) is 19.1 Å². The SMILES string of the molecule is COc1nn(C2CCCO2)c2nc(=O)[nH]c(N)c12. The molecule has 8 heteroatoms. The molecule has 18 heavy (non-hydrogen) atoms. The first-order valence-electron chi connectivity index (χ1n) is 5.64. The molecule has 0 aromatic carbocycles. The van der Waals surface area contributed by atoms with Crippen LogP contribution < -0.4 is 16.2 Å². The largest absolute Gasteiger partial charge is 0.479 e. The number of fused-ring (bicyclic) bond motifs is 1. The van der Waals surface area contributed by atoms with Crippen LogP contribution in [-0.4, -0.2) is 33.5 Å². The molecule has 0 spiro atoms. The van der Waals surface area contributed by atoms with Gasteiger partial charge in [-0.15, -0.1) is 5.10 Å². The van der Waals surface area contributed by atoms with Crippen molar-refractivity contribution in [1.29, 1.82) is 0 Å². The Morgan fingerprint density at radius 1 is 1.61 bits per heavy atom. The Kier molecular flexibility index (Phi) is 2.44. The molecule has 1 saturated heterocycles. The molecule has 0 aliphatic carbocycles. The molecule has 2 aromatic rings. The van der Waals surface area contributed by atoms with Crippen LogP contribution in [-0.2, 0) is 4.74 Å². The highest BCUT2D eigenvalue weighted by Crippen LogP contribution is 2.31. The molecule has 1 unspecified atom stereocenters. The van der Waals surface area contributed by atoms with Gasteiger partial charge in [0.25, 0.3) is 0 Å². The van der Waals surface area contributed by atoms with Crippen molar-refractivity contribution in [3.63, 3.8) is 0 Å². The van der Waals surface area contributed by atoms with Crippen LogP contribution in [0.3, 0.4) is 0 Å². The number of aromatic nitrogens is 4. The Bertz CT molecular complexity index is 641. The van der Waals surface area contributed by atoms with E-state index in [9.17, 15) is 4.79 Å². The van der Waals surface area contributed by atoms with E-state index in [1.807, 2.05) is 0 Å². The lowest BCUT2D eigenvalue weighted by Crippen LogP contribution is -2.16. The highest BCUT2D eigenvalue weighted by atomic mass is 16.5. The summed E-state index contributed by atoms with van der Waals surface area (Å²) in [5, 5.41) is 4.77. The lowest BCUT2D eigenvalue weighted by molar-refractivity contribution is 0.0489.